The Hall–Kier alpha value is -2.67. The molecule has 210 valence electrons. The van der Waals surface area contributed by atoms with Crippen molar-refractivity contribution in [3.8, 4) is 0 Å². The topological polar surface area (TPSA) is 75.7 Å². The number of hydrogen-bond donors (Lipinski definition) is 1. The van der Waals surface area contributed by atoms with Crippen molar-refractivity contribution in [2.45, 2.75) is 90.0 Å². The first-order valence-corrected chi connectivity index (χ1v) is 15.4. The number of hydrogen-bond acceptors (Lipinski definition) is 5. The molecule has 1 aromatic heterocycles. The Bertz CT molecular complexity index is 1220. The van der Waals surface area contributed by atoms with Gasteiger partial charge in [0.25, 0.3) is 11.8 Å². The van der Waals surface area contributed by atoms with E-state index in [0.717, 1.165) is 32.1 Å². The Morgan fingerprint density at radius 1 is 1.13 bits per heavy atom. The molecule has 1 N–H and O–H groups in total. The predicted molar refractivity (Wildman–Crippen MR) is 154 cm³/mol. The van der Waals surface area contributed by atoms with Crippen LogP contribution in [0.2, 0.25) is 0 Å². The lowest BCUT2D eigenvalue weighted by molar-refractivity contribution is -0.152. The van der Waals surface area contributed by atoms with Gasteiger partial charge in [-0.15, -0.1) is 11.3 Å². The monoisotopic (exact) mass is 550 g/mol. The van der Waals surface area contributed by atoms with Crippen LogP contribution in [0.25, 0.3) is 0 Å². The van der Waals surface area contributed by atoms with Crippen molar-refractivity contribution < 1.29 is 19.1 Å². The van der Waals surface area contributed by atoms with Crippen molar-refractivity contribution in [2.75, 3.05) is 19.7 Å². The Kier molecular flexibility index (Phi) is 7.91. The lowest BCUT2D eigenvalue weighted by Crippen LogP contribution is -2.53. The zero-order valence-corrected chi connectivity index (χ0v) is 24.6. The van der Waals surface area contributed by atoms with Crippen LogP contribution in [0.15, 0.2) is 35.7 Å². The standard InChI is InChI=1S/C32H42N2O4S/c1-21(2)22-10-12-24-23(18-22)11-13-27-31(3,14-7-15-32(24,27)4)20-33-28(35)19-38-30(37)25-8-5-16-34(25)29(36)26-9-6-17-39-26/h6,9-10,12,17-18,21,25,27H,5,7-8,11,13-16,19-20H2,1-4H3,(H,33,35). The normalized spacial score (nSPS) is 28.1. The fourth-order valence-corrected chi connectivity index (χ4v) is 8.27. The van der Waals surface area contributed by atoms with Gasteiger partial charge in [0.05, 0.1) is 4.88 Å². The van der Waals surface area contributed by atoms with Crippen molar-refractivity contribution in [3.63, 3.8) is 0 Å². The summed E-state index contributed by atoms with van der Waals surface area (Å²) in [4.78, 5) is 40.6. The van der Waals surface area contributed by atoms with Gasteiger partial charge in [0.2, 0.25) is 0 Å². The first-order valence-electron chi connectivity index (χ1n) is 14.5. The van der Waals surface area contributed by atoms with Gasteiger partial charge in [-0.1, -0.05) is 58.4 Å². The van der Waals surface area contributed by atoms with Gasteiger partial charge in [0.15, 0.2) is 6.61 Å². The van der Waals surface area contributed by atoms with Crippen LogP contribution in [-0.4, -0.2) is 48.4 Å². The number of benzene rings is 1. The number of nitrogens with zero attached hydrogens (tertiary/aromatic N) is 1. The maximum Gasteiger partial charge on any atom is 0.329 e. The molecule has 4 unspecified atom stereocenters. The van der Waals surface area contributed by atoms with E-state index in [9.17, 15) is 14.4 Å². The number of nitrogens with one attached hydrogen (secondary N) is 1. The van der Waals surface area contributed by atoms with Crippen molar-refractivity contribution in [1.82, 2.24) is 10.2 Å². The summed E-state index contributed by atoms with van der Waals surface area (Å²) in [6.07, 6.45) is 6.92. The lowest BCUT2D eigenvalue weighted by Gasteiger charge is -2.55. The van der Waals surface area contributed by atoms with Gasteiger partial charge in [0, 0.05) is 13.1 Å². The summed E-state index contributed by atoms with van der Waals surface area (Å²) in [6, 6.07) is 10.1. The molecule has 1 aromatic carbocycles. The van der Waals surface area contributed by atoms with Crippen molar-refractivity contribution >= 4 is 29.1 Å². The summed E-state index contributed by atoms with van der Waals surface area (Å²) in [5, 5.41) is 4.95. The number of likely N-dealkylation sites (tertiary alicyclic amines) is 1. The highest BCUT2D eigenvalue weighted by molar-refractivity contribution is 7.12. The number of amides is 2. The second-order valence-electron chi connectivity index (χ2n) is 12.6. The van der Waals surface area contributed by atoms with E-state index < -0.39 is 12.0 Å². The molecule has 0 radical (unpaired) electrons. The largest absolute Gasteiger partial charge is 0.454 e. The third-order valence-corrected chi connectivity index (χ3v) is 10.6. The number of aryl methyl sites for hydroxylation is 1. The summed E-state index contributed by atoms with van der Waals surface area (Å²) in [6.45, 7) is 10.0. The maximum absolute atomic E-state index is 12.8. The minimum atomic E-state index is -0.623. The number of fused-ring (bicyclic) bond motifs is 3. The number of esters is 1. The van der Waals surface area contributed by atoms with Gasteiger partial charge in [-0.3, -0.25) is 9.59 Å². The number of thiophene rings is 1. The predicted octanol–water partition coefficient (Wildman–Crippen LogP) is 5.85. The van der Waals surface area contributed by atoms with Gasteiger partial charge in [0.1, 0.15) is 6.04 Å². The summed E-state index contributed by atoms with van der Waals surface area (Å²) in [5.41, 5.74) is 4.49. The van der Waals surface area contributed by atoms with E-state index in [2.05, 4.69) is 51.2 Å². The molecule has 7 heteroatoms. The quantitative estimate of drug-likeness (QED) is 0.439. The highest BCUT2D eigenvalue weighted by Crippen LogP contribution is 2.57. The fourth-order valence-electron chi connectivity index (χ4n) is 7.60. The third-order valence-electron chi connectivity index (χ3n) is 9.72. The molecule has 0 bridgehead atoms. The average molecular weight is 551 g/mol. The molecule has 3 aliphatic rings. The molecule has 1 saturated carbocycles. The summed E-state index contributed by atoms with van der Waals surface area (Å²) in [7, 11) is 0. The van der Waals surface area contributed by atoms with E-state index in [0.29, 0.717) is 36.2 Å². The molecule has 1 aliphatic heterocycles. The second-order valence-corrected chi connectivity index (χ2v) is 13.6. The van der Waals surface area contributed by atoms with E-state index in [1.807, 2.05) is 11.4 Å². The van der Waals surface area contributed by atoms with E-state index in [-0.39, 0.29) is 29.3 Å². The number of ether oxygens (including phenoxy) is 1. The van der Waals surface area contributed by atoms with Gasteiger partial charge in [-0.2, -0.15) is 0 Å². The highest BCUT2D eigenvalue weighted by atomic mass is 32.1. The maximum atomic E-state index is 12.8. The van der Waals surface area contributed by atoms with Gasteiger partial charge >= 0.3 is 5.97 Å². The minimum Gasteiger partial charge on any atom is -0.454 e. The molecular weight excluding hydrogens is 508 g/mol. The van der Waals surface area contributed by atoms with E-state index in [1.165, 1.54) is 34.4 Å². The molecule has 39 heavy (non-hydrogen) atoms. The van der Waals surface area contributed by atoms with E-state index in [1.54, 1.807) is 11.0 Å². The van der Waals surface area contributed by atoms with Crippen LogP contribution in [0.3, 0.4) is 0 Å². The number of rotatable bonds is 7. The SMILES string of the molecule is CC(C)c1ccc2c(c1)CCC1C(C)(CNC(=O)COC(=O)C3CCCN3C(=O)c3cccs3)CCCC21C. The molecule has 4 atom stereocenters. The van der Waals surface area contributed by atoms with E-state index in [4.69, 9.17) is 4.74 Å². The molecule has 1 saturated heterocycles. The van der Waals surface area contributed by atoms with Crippen molar-refractivity contribution in [2.24, 2.45) is 11.3 Å². The number of carbonyl (C=O) groups excluding carboxylic acids is 3. The van der Waals surface area contributed by atoms with Gasteiger partial charge in [-0.25, -0.2) is 4.79 Å². The minimum absolute atomic E-state index is 0.0174. The molecule has 2 aliphatic carbocycles. The van der Waals surface area contributed by atoms with E-state index >= 15 is 0 Å². The van der Waals surface area contributed by atoms with Crippen LogP contribution in [0, 0.1) is 11.3 Å². The molecule has 2 aromatic rings. The Balaban J connectivity index is 1.18. The summed E-state index contributed by atoms with van der Waals surface area (Å²) >= 11 is 1.37. The Labute approximate surface area is 236 Å². The van der Waals surface area contributed by atoms with Gasteiger partial charge < -0.3 is 15.0 Å². The smallest absolute Gasteiger partial charge is 0.329 e. The Morgan fingerprint density at radius 3 is 2.69 bits per heavy atom. The van der Waals surface area contributed by atoms with Crippen molar-refractivity contribution in [3.05, 3.63) is 57.3 Å². The average Bonchev–Trinajstić information content (AvgIpc) is 3.63. The zero-order chi connectivity index (χ0) is 27.8. The van der Waals surface area contributed by atoms with Crippen LogP contribution in [0.1, 0.15) is 98.5 Å². The zero-order valence-electron chi connectivity index (χ0n) is 23.8. The van der Waals surface area contributed by atoms with Crippen LogP contribution < -0.4 is 5.32 Å². The van der Waals surface area contributed by atoms with Gasteiger partial charge in [-0.05, 0) is 89.3 Å². The molecule has 2 fully saturated rings. The molecule has 5 rings (SSSR count). The lowest BCUT2D eigenvalue weighted by atomic mass is 9.49. The van der Waals surface area contributed by atoms with Crippen LogP contribution in [0.4, 0.5) is 0 Å². The first kappa shape index (κ1) is 27.9. The van der Waals surface area contributed by atoms with Crippen molar-refractivity contribution in [1.29, 1.82) is 0 Å². The Morgan fingerprint density at radius 2 is 1.95 bits per heavy atom. The van der Waals surface area contributed by atoms with Crippen LogP contribution >= 0.6 is 11.3 Å². The molecule has 0 spiro atoms. The third kappa shape index (κ3) is 5.39. The summed E-state index contributed by atoms with van der Waals surface area (Å²) < 4.78 is 5.42. The molecular formula is C32H42N2O4S. The number of carbonyl (C=O) groups is 3. The fraction of sp³-hybridized carbons (Fsp3) is 0.594. The second kappa shape index (κ2) is 11.1. The molecule has 2 heterocycles. The molecule has 6 nitrogen and oxygen atoms in total. The molecule has 2 amide bonds. The van der Waals surface area contributed by atoms with Crippen LogP contribution in [-0.2, 0) is 26.2 Å². The highest BCUT2D eigenvalue weighted by Gasteiger charge is 2.51. The summed E-state index contributed by atoms with van der Waals surface area (Å²) in [5.74, 6) is 0.100. The first-order chi connectivity index (χ1) is 18.6. The van der Waals surface area contributed by atoms with Crippen LogP contribution in [0.5, 0.6) is 0 Å².